The minimum Gasteiger partial charge on any atom is -0.413 e. The fraction of sp³-hybridized carbons (Fsp3) is 1.00. The summed E-state index contributed by atoms with van der Waals surface area (Å²) in [5.74, 6) is 0. The molecule has 0 N–H and O–H groups in total. The minimum absolute atomic E-state index is 0.241. The Morgan fingerprint density at radius 3 is 1.94 bits per heavy atom. The molecule has 0 aromatic heterocycles. The third-order valence-corrected chi connectivity index (χ3v) is 13.7. The van der Waals surface area contributed by atoms with Crippen LogP contribution in [0.2, 0.25) is 13.1 Å². The quantitative estimate of drug-likeness (QED) is 0.657. The summed E-state index contributed by atoms with van der Waals surface area (Å²) < 4.78 is 6.66. The van der Waals surface area contributed by atoms with Crippen LogP contribution in [0.4, 0.5) is 0 Å². The highest BCUT2D eigenvalue weighted by Crippen LogP contribution is 2.45. The van der Waals surface area contributed by atoms with Crippen LogP contribution in [0.15, 0.2) is 0 Å². The number of rotatable bonds is 6. The second-order valence-corrected chi connectivity index (χ2v) is 18.8. The average Bonchev–Trinajstić information content (AvgIpc) is 2.12. The summed E-state index contributed by atoms with van der Waals surface area (Å²) in [5.41, 5.74) is 0.241. The molecule has 2 unspecified atom stereocenters. The maximum absolute atomic E-state index is 6.66. The molecule has 0 rings (SSSR count). The van der Waals surface area contributed by atoms with E-state index in [9.17, 15) is 0 Å². The topological polar surface area (TPSA) is 9.23 Å². The van der Waals surface area contributed by atoms with Gasteiger partial charge in [-0.2, -0.15) is 0 Å². The first-order valence-corrected chi connectivity index (χ1v) is 13.7. The van der Waals surface area contributed by atoms with Gasteiger partial charge in [0, 0.05) is 6.10 Å². The van der Waals surface area contributed by atoms with Gasteiger partial charge < -0.3 is 4.43 Å². The Bertz CT molecular complexity index is 254. The van der Waals surface area contributed by atoms with Gasteiger partial charge in [-0.25, -0.2) is 0 Å². The highest BCUT2D eigenvalue weighted by Gasteiger charge is 2.40. The van der Waals surface area contributed by atoms with E-state index in [1.807, 2.05) is 0 Å². The summed E-state index contributed by atoms with van der Waals surface area (Å²) in [7, 11) is 1.56. The molecule has 0 aliphatic carbocycles. The lowest BCUT2D eigenvalue weighted by Crippen LogP contribution is -2.50. The maximum Gasteiger partial charge on any atom is 0.197 e. The number of hydrogen-bond acceptors (Lipinski definition) is 1. The Balaban J connectivity index is 4.92. The summed E-state index contributed by atoms with van der Waals surface area (Å²) in [6, 6.07) is 0. The van der Waals surface area contributed by atoms with Gasteiger partial charge in [-0.05, 0) is 42.3 Å². The van der Waals surface area contributed by atoms with Gasteiger partial charge >= 0.3 is 0 Å². The molecule has 0 heterocycles. The molecule has 0 saturated carbocycles. The Labute approximate surface area is 121 Å². The van der Waals surface area contributed by atoms with Crippen molar-refractivity contribution in [2.45, 2.75) is 71.5 Å². The molecule has 0 saturated heterocycles. The minimum atomic E-state index is -1.66. The van der Waals surface area contributed by atoms with Crippen molar-refractivity contribution in [3.8, 4) is 0 Å². The lowest BCUT2D eigenvalue weighted by atomic mass is 9.87. The molecular weight excluding hydrogens is 272 g/mol. The van der Waals surface area contributed by atoms with Gasteiger partial charge in [0.15, 0.2) is 8.32 Å². The van der Waals surface area contributed by atoms with Crippen molar-refractivity contribution in [3.05, 3.63) is 0 Å². The lowest BCUT2D eigenvalue weighted by molar-refractivity contribution is 0.0697. The molecule has 0 bridgehead atoms. The molecule has 0 aliphatic rings. The van der Waals surface area contributed by atoms with Crippen LogP contribution in [-0.2, 0) is 4.43 Å². The molecule has 0 amide bonds. The largest absolute Gasteiger partial charge is 0.413 e. The van der Waals surface area contributed by atoms with Crippen molar-refractivity contribution in [2.24, 2.45) is 5.41 Å². The summed E-state index contributed by atoms with van der Waals surface area (Å²) in [5, 5.41) is 0. The normalized spacial score (nSPS) is 18.6. The van der Waals surface area contributed by atoms with E-state index in [0.717, 1.165) is 0 Å². The zero-order chi connectivity index (χ0) is 14.8. The second kappa shape index (κ2) is 6.46. The maximum atomic E-state index is 6.66. The Hall–Kier alpha value is 0.744. The first kappa shape index (κ1) is 18.7. The predicted octanol–water partition coefficient (Wildman–Crippen LogP) is 4.50. The number of hydrogen-bond donors (Lipinski definition) is 0. The zero-order valence-electron chi connectivity index (χ0n) is 13.9. The molecule has 0 aliphatic heterocycles. The van der Waals surface area contributed by atoms with E-state index >= 15 is 0 Å². The molecule has 18 heavy (non-hydrogen) atoms. The molecular formula is C14H33OSSi2. The summed E-state index contributed by atoms with van der Waals surface area (Å²) in [4.78, 5) is 0.656. The lowest BCUT2D eigenvalue weighted by Gasteiger charge is -2.46. The van der Waals surface area contributed by atoms with Crippen LogP contribution in [0.3, 0.4) is 0 Å². The van der Waals surface area contributed by atoms with E-state index in [1.54, 1.807) is 0 Å². The van der Waals surface area contributed by atoms with E-state index < -0.39 is 17.8 Å². The molecule has 109 valence electrons. The monoisotopic (exact) mass is 305 g/mol. The molecule has 0 aromatic rings. The van der Waals surface area contributed by atoms with Crippen molar-refractivity contribution >= 4 is 27.2 Å². The molecule has 4 heteroatoms. The van der Waals surface area contributed by atoms with Gasteiger partial charge in [-0.1, -0.05) is 41.0 Å². The van der Waals surface area contributed by atoms with Gasteiger partial charge in [-0.15, -0.1) is 0 Å². The SMILES string of the molecule is CCCC(O[Si](C)(C)C(C)S(C)(C)[Si])C(C)(C)C. The summed E-state index contributed by atoms with van der Waals surface area (Å²) >= 11 is 0. The Morgan fingerprint density at radius 2 is 1.67 bits per heavy atom. The van der Waals surface area contributed by atoms with Gasteiger partial charge in [0.05, 0.1) is 9.39 Å². The van der Waals surface area contributed by atoms with E-state index in [1.165, 1.54) is 12.8 Å². The Morgan fingerprint density at radius 1 is 1.22 bits per heavy atom. The van der Waals surface area contributed by atoms with Crippen LogP contribution in [0, 0.1) is 5.41 Å². The zero-order valence-corrected chi connectivity index (χ0v) is 16.7. The van der Waals surface area contributed by atoms with E-state index in [0.29, 0.717) is 11.0 Å². The van der Waals surface area contributed by atoms with Crippen LogP contribution in [0.25, 0.3) is 0 Å². The second-order valence-electron chi connectivity index (χ2n) is 7.41. The molecule has 0 aromatic carbocycles. The summed E-state index contributed by atoms with van der Waals surface area (Å²) in [6.45, 7) is 16.3. The van der Waals surface area contributed by atoms with Gasteiger partial charge in [-0.3, -0.25) is 9.48 Å². The molecule has 3 radical (unpaired) electrons. The summed E-state index contributed by atoms with van der Waals surface area (Å²) in [6.07, 6.45) is 7.42. The van der Waals surface area contributed by atoms with Gasteiger partial charge in [0.2, 0.25) is 0 Å². The van der Waals surface area contributed by atoms with Crippen LogP contribution in [-0.4, -0.2) is 41.2 Å². The fourth-order valence-corrected chi connectivity index (χ4v) is 11.9. The van der Waals surface area contributed by atoms with Crippen molar-refractivity contribution in [1.29, 1.82) is 0 Å². The van der Waals surface area contributed by atoms with Crippen LogP contribution < -0.4 is 0 Å². The van der Waals surface area contributed by atoms with Gasteiger partial charge in [0.25, 0.3) is 0 Å². The van der Waals surface area contributed by atoms with Crippen molar-refractivity contribution < 1.29 is 4.43 Å². The van der Waals surface area contributed by atoms with Crippen molar-refractivity contribution in [2.75, 3.05) is 12.5 Å². The van der Waals surface area contributed by atoms with Crippen LogP contribution in [0.1, 0.15) is 47.5 Å². The van der Waals surface area contributed by atoms with Crippen molar-refractivity contribution in [3.63, 3.8) is 0 Å². The fourth-order valence-electron chi connectivity index (χ4n) is 2.10. The van der Waals surface area contributed by atoms with E-state index in [-0.39, 0.29) is 5.41 Å². The Kier molecular flexibility index (Phi) is 6.73. The van der Waals surface area contributed by atoms with Crippen LogP contribution >= 0.6 is 9.48 Å². The molecule has 2 atom stereocenters. The van der Waals surface area contributed by atoms with Crippen molar-refractivity contribution in [1.82, 2.24) is 0 Å². The standard InChI is InChI=1S/C14H33OSSi2/c1-10-11-13(14(3,4)5)15-18(8,9)12(2)16(6,7)17/h12-13H,10-11H2,1-9H3. The van der Waals surface area contributed by atoms with Crippen LogP contribution in [0.5, 0.6) is 0 Å². The van der Waals surface area contributed by atoms with E-state index in [4.69, 9.17) is 4.43 Å². The first-order valence-electron chi connectivity index (χ1n) is 6.97. The molecule has 0 spiro atoms. The third kappa shape index (κ3) is 5.80. The van der Waals surface area contributed by atoms with E-state index in [2.05, 4.69) is 69.6 Å². The first-order chi connectivity index (χ1) is 7.82. The smallest absolute Gasteiger partial charge is 0.197 e. The molecule has 0 fully saturated rings. The predicted molar refractivity (Wildman–Crippen MR) is 91.4 cm³/mol. The van der Waals surface area contributed by atoms with Gasteiger partial charge in [0.1, 0.15) is 0 Å². The molecule has 1 nitrogen and oxygen atoms in total. The highest BCUT2D eigenvalue weighted by atomic mass is 32.4. The average molecular weight is 306 g/mol. The highest BCUT2D eigenvalue weighted by molar-refractivity contribution is 8.50. The third-order valence-electron chi connectivity index (χ3n) is 3.83.